The second-order valence-electron chi connectivity index (χ2n) is 4.34. The molecule has 2 heterocycles. The maximum absolute atomic E-state index is 11.1. The van der Waals surface area contributed by atoms with Crippen LogP contribution in [0.25, 0.3) is 10.6 Å². The van der Waals surface area contributed by atoms with Crippen molar-refractivity contribution in [2.24, 2.45) is 0 Å². The summed E-state index contributed by atoms with van der Waals surface area (Å²) in [4.78, 5) is 15.7. The number of aromatic carboxylic acids is 1. The molecule has 2 aromatic rings. The summed E-state index contributed by atoms with van der Waals surface area (Å²) in [6, 6.07) is 0.256. The number of carbonyl (C=O) groups is 1. The Morgan fingerprint density at radius 3 is 2.84 bits per heavy atom. The van der Waals surface area contributed by atoms with Gasteiger partial charge in [-0.15, -0.1) is 11.3 Å². The third-order valence-electron chi connectivity index (χ3n) is 2.55. The molecule has 7 heteroatoms. The fourth-order valence-corrected chi connectivity index (χ4v) is 2.49. The second-order valence-corrected chi connectivity index (χ2v) is 5.33. The lowest BCUT2D eigenvalue weighted by Gasteiger charge is -2.02. The average molecular weight is 281 g/mol. The molecular formula is C12H15N3O3S. The Kier molecular flexibility index (Phi) is 3.96. The molecule has 0 saturated carbocycles. The number of hydrogen-bond acceptors (Lipinski definition) is 5. The number of nitrogens with zero attached hydrogens (tertiary/aromatic N) is 3. The molecule has 0 aliphatic carbocycles. The highest BCUT2D eigenvalue weighted by atomic mass is 32.1. The number of carboxylic acid groups (broad SMARTS) is 1. The van der Waals surface area contributed by atoms with Gasteiger partial charge in [-0.3, -0.25) is 4.68 Å². The van der Waals surface area contributed by atoms with E-state index in [-0.39, 0.29) is 17.5 Å². The largest absolute Gasteiger partial charge is 0.477 e. The van der Waals surface area contributed by atoms with Gasteiger partial charge in [-0.2, -0.15) is 5.10 Å². The minimum atomic E-state index is -0.980. The first-order chi connectivity index (χ1) is 9.02. The Morgan fingerprint density at radius 1 is 1.58 bits per heavy atom. The van der Waals surface area contributed by atoms with Crippen molar-refractivity contribution in [1.29, 1.82) is 0 Å². The van der Waals surface area contributed by atoms with Crippen molar-refractivity contribution in [2.45, 2.75) is 26.5 Å². The van der Waals surface area contributed by atoms with E-state index in [2.05, 4.69) is 10.1 Å². The SMILES string of the molecule is COCc1nc(-c2cnn(C(C)C)c2)sc1C(=O)O. The highest BCUT2D eigenvalue weighted by Gasteiger charge is 2.19. The molecule has 6 nitrogen and oxygen atoms in total. The molecule has 1 N–H and O–H groups in total. The van der Waals surface area contributed by atoms with Gasteiger partial charge in [0.05, 0.1) is 18.5 Å². The Balaban J connectivity index is 2.38. The van der Waals surface area contributed by atoms with E-state index in [0.29, 0.717) is 10.7 Å². The molecule has 0 spiro atoms. The quantitative estimate of drug-likeness (QED) is 0.910. The van der Waals surface area contributed by atoms with E-state index < -0.39 is 5.97 Å². The van der Waals surface area contributed by atoms with Crippen molar-refractivity contribution in [3.8, 4) is 10.6 Å². The third kappa shape index (κ3) is 2.82. The number of hydrogen-bond donors (Lipinski definition) is 1. The van der Waals surface area contributed by atoms with Crippen LogP contribution < -0.4 is 0 Å². The van der Waals surface area contributed by atoms with Crippen LogP contribution in [0.3, 0.4) is 0 Å². The summed E-state index contributed by atoms with van der Waals surface area (Å²) in [7, 11) is 1.52. The topological polar surface area (TPSA) is 77.2 Å². The van der Waals surface area contributed by atoms with Gasteiger partial charge in [-0.25, -0.2) is 9.78 Å². The number of aromatic nitrogens is 3. The maximum Gasteiger partial charge on any atom is 0.347 e. The van der Waals surface area contributed by atoms with E-state index in [0.717, 1.165) is 16.9 Å². The number of carboxylic acids is 1. The predicted molar refractivity (Wildman–Crippen MR) is 71.4 cm³/mol. The smallest absolute Gasteiger partial charge is 0.347 e. The summed E-state index contributed by atoms with van der Waals surface area (Å²) in [5.74, 6) is -0.980. The van der Waals surface area contributed by atoms with Crippen molar-refractivity contribution >= 4 is 17.3 Å². The summed E-state index contributed by atoms with van der Waals surface area (Å²) in [5.41, 5.74) is 1.27. The lowest BCUT2D eigenvalue weighted by Crippen LogP contribution is -1.99. The minimum absolute atomic E-state index is 0.191. The molecule has 0 aromatic carbocycles. The molecule has 2 aromatic heterocycles. The van der Waals surface area contributed by atoms with Crippen molar-refractivity contribution < 1.29 is 14.6 Å². The molecule has 0 aliphatic rings. The van der Waals surface area contributed by atoms with Gasteiger partial charge >= 0.3 is 5.97 Å². The van der Waals surface area contributed by atoms with Crippen molar-refractivity contribution in [2.75, 3.05) is 7.11 Å². The standard InChI is InChI=1S/C12H15N3O3S/c1-7(2)15-5-8(4-13-15)11-14-9(6-18-3)10(19-11)12(16)17/h4-5,7H,6H2,1-3H3,(H,16,17). The van der Waals surface area contributed by atoms with Crippen LogP contribution in [0.15, 0.2) is 12.4 Å². The van der Waals surface area contributed by atoms with E-state index in [1.54, 1.807) is 6.20 Å². The average Bonchev–Trinajstić information content (AvgIpc) is 2.94. The zero-order valence-corrected chi connectivity index (χ0v) is 11.8. The van der Waals surface area contributed by atoms with Gasteiger partial charge in [0.1, 0.15) is 9.88 Å². The van der Waals surface area contributed by atoms with Gasteiger partial charge in [-0.1, -0.05) is 0 Å². The van der Waals surface area contributed by atoms with Crippen LogP contribution in [0.5, 0.6) is 0 Å². The molecule has 0 saturated heterocycles. The Hall–Kier alpha value is -1.73. The number of ether oxygens (including phenoxy) is 1. The zero-order chi connectivity index (χ0) is 14.0. The fraction of sp³-hybridized carbons (Fsp3) is 0.417. The third-order valence-corrected chi connectivity index (χ3v) is 3.68. The van der Waals surface area contributed by atoms with Gasteiger partial charge in [0.25, 0.3) is 0 Å². The van der Waals surface area contributed by atoms with Gasteiger partial charge in [0, 0.05) is 24.9 Å². The molecule has 19 heavy (non-hydrogen) atoms. The van der Waals surface area contributed by atoms with Crippen molar-refractivity contribution in [3.63, 3.8) is 0 Å². The normalized spacial score (nSPS) is 11.2. The van der Waals surface area contributed by atoms with Crippen molar-refractivity contribution in [3.05, 3.63) is 23.0 Å². The molecule has 102 valence electrons. The molecule has 0 radical (unpaired) electrons. The molecule has 0 atom stereocenters. The van der Waals surface area contributed by atoms with E-state index in [9.17, 15) is 4.79 Å². The monoisotopic (exact) mass is 281 g/mol. The Bertz CT molecular complexity index is 589. The van der Waals surface area contributed by atoms with Gasteiger partial charge in [0.2, 0.25) is 0 Å². The van der Waals surface area contributed by atoms with E-state index in [1.165, 1.54) is 7.11 Å². The highest BCUT2D eigenvalue weighted by molar-refractivity contribution is 7.17. The van der Waals surface area contributed by atoms with Crippen LogP contribution in [-0.2, 0) is 11.3 Å². The first-order valence-corrected chi connectivity index (χ1v) is 6.61. The lowest BCUT2D eigenvalue weighted by atomic mass is 10.3. The van der Waals surface area contributed by atoms with Crippen molar-refractivity contribution in [1.82, 2.24) is 14.8 Å². The van der Waals surface area contributed by atoms with Crippen LogP contribution in [0.1, 0.15) is 35.3 Å². The van der Waals surface area contributed by atoms with E-state index in [1.807, 2.05) is 24.7 Å². The minimum Gasteiger partial charge on any atom is -0.477 e. The highest BCUT2D eigenvalue weighted by Crippen LogP contribution is 2.28. The predicted octanol–water partition coefficient (Wildman–Crippen LogP) is 2.43. The number of rotatable bonds is 5. The summed E-state index contributed by atoms with van der Waals surface area (Å²) in [5, 5.41) is 14.0. The Labute approximate surface area is 114 Å². The summed E-state index contributed by atoms with van der Waals surface area (Å²) in [6.45, 7) is 4.24. The molecule has 0 aliphatic heterocycles. The molecule has 0 unspecified atom stereocenters. The van der Waals surface area contributed by atoms with Crippen LogP contribution in [0.4, 0.5) is 0 Å². The van der Waals surface area contributed by atoms with Crippen LogP contribution >= 0.6 is 11.3 Å². The molecule has 0 amide bonds. The number of thiazole rings is 1. The fourth-order valence-electron chi connectivity index (χ4n) is 1.61. The summed E-state index contributed by atoms with van der Waals surface area (Å²) < 4.78 is 6.78. The second kappa shape index (κ2) is 5.50. The summed E-state index contributed by atoms with van der Waals surface area (Å²) in [6.07, 6.45) is 3.56. The number of methoxy groups -OCH3 is 1. The lowest BCUT2D eigenvalue weighted by molar-refractivity contribution is 0.0697. The molecular weight excluding hydrogens is 266 g/mol. The Morgan fingerprint density at radius 2 is 2.32 bits per heavy atom. The first kappa shape index (κ1) is 13.7. The molecule has 0 fully saturated rings. The van der Waals surface area contributed by atoms with Gasteiger partial charge < -0.3 is 9.84 Å². The van der Waals surface area contributed by atoms with E-state index in [4.69, 9.17) is 9.84 Å². The van der Waals surface area contributed by atoms with Crippen LogP contribution in [0.2, 0.25) is 0 Å². The first-order valence-electron chi connectivity index (χ1n) is 5.79. The maximum atomic E-state index is 11.1. The van der Waals surface area contributed by atoms with Gasteiger partial charge in [0.15, 0.2) is 0 Å². The van der Waals surface area contributed by atoms with Crippen LogP contribution in [-0.4, -0.2) is 33.0 Å². The molecule has 2 rings (SSSR count). The molecule has 0 bridgehead atoms. The zero-order valence-electron chi connectivity index (χ0n) is 11.0. The van der Waals surface area contributed by atoms with E-state index >= 15 is 0 Å². The summed E-state index contributed by atoms with van der Waals surface area (Å²) >= 11 is 1.14. The van der Waals surface area contributed by atoms with Gasteiger partial charge in [-0.05, 0) is 13.8 Å². The van der Waals surface area contributed by atoms with Crippen LogP contribution in [0, 0.1) is 0 Å².